The van der Waals surface area contributed by atoms with E-state index in [1.165, 1.54) is 11.3 Å². The van der Waals surface area contributed by atoms with Gasteiger partial charge in [-0.05, 0) is 18.4 Å². The first-order valence-electron chi connectivity index (χ1n) is 5.22. The number of carbonyl (C=O) groups is 1. The van der Waals surface area contributed by atoms with Crippen LogP contribution in [-0.2, 0) is 0 Å². The maximum Gasteiger partial charge on any atom is 0.263 e. The number of nitrogens with one attached hydrogen (secondary N) is 1. The van der Waals surface area contributed by atoms with E-state index < -0.39 is 0 Å². The van der Waals surface area contributed by atoms with Gasteiger partial charge in [-0.3, -0.25) is 4.79 Å². The zero-order valence-electron chi connectivity index (χ0n) is 9.40. The first kappa shape index (κ1) is 12.2. The minimum absolute atomic E-state index is 0.0896. The number of aromatic nitrogens is 1. The minimum atomic E-state index is -0.0896. The van der Waals surface area contributed by atoms with E-state index in [0.717, 1.165) is 15.6 Å². The number of amides is 1. The number of thiophene rings is 1. The van der Waals surface area contributed by atoms with Gasteiger partial charge in [0, 0.05) is 13.1 Å². The van der Waals surface area contributed by atoms with Crippen molar-refractivity contribution in [1.82, 2.24) is 10.3 Å². The molecule has 6 heteroatoms. The summed E-state index contributed by atoms with van der Waals surface area (Å²) < 4.78 is 0. The number of thiazole rings is 1. The molecule has 2 aromatic heterocycles. The summed E-state index contributed by atoms with van der Waals surface area (Å²) in [6.45, 7) is 2.79. The van der Waals surface area contributed by atoms with E-state index in [2.05, 4.69) is 10.3 Å². The normalized spacial score (nSPS) is 10.5. The average Bonchev–Trinajstić information content (AvgIpc) is 2.94. The fraction of sp³-hybridized carbons (Fsp3) is 0.273. The molecular formula is C11H13N3OS2. The zero-order chi connectivity index (χ0) is 12.3. The van der Waals surface area contributed by atoms with Crippen molar-refractivity contribution in [3.8, 4) is 9.88 Å². The third-order valence-corrected chi connectivity index (χ3v) is 4.36. The molecule has 0 unspecified atom stereocenters. The van der Waals surface area contributed by atoms with Crippen LogP contribution in [0.1, 0.15) is 15.4 Å². The predicted octanol–water partition coefficient (Wildman–Crippen LogP) is 1.87. The quantitative estimate of drug-likeness (QED) is 0.888. The molecule has 0 bridgehead atoms. The SMILES string of the molecule is Cc1nc(-c2cccs2)sc1C(=O)NCCN. The number of nitrogens with two attached hydrogens (primary N) is 1. The Balaban J connectivity index is 2.22. The maximum atomic E-state index is 11.8. The lowest BCUT2D eigenvalue weighted by Gasteiger charge is -2.00. The fourth-order valence-corrected chi connectivity index (χ4v) is 3.16. The van der Waals surface area contributed by atoms with Crippen molar-refractivity contribution < 1.29 is 4.79 Å². The van der Waals surface area contributed by atoms with Crippen molar-refractivity contribution >= 4 is 28.6 Å². The zero-order valence-corrected chi connectivity index (χ0v) is 11.0. The van der Waals surface area contributed by atoms with Crippen LogP contribution in [0.5, 0.6) is 0 Å². The van der Waals surface area contributed by atoms with E-state index >= 15 is 0 Å². The van der Waals surface area contributed by atoms with Crippen molar-refractivity contribution in [3.63, 3.8) is 0 Å². The van der Waals surface area contributed by atoms with Crippen LogP contribution in [-0.4, -0.2) is 24.0 Å². The van der Waals surface area contributed by atoms with Crippen molar-refractivity contribution in [2.45, 2.75) is 6.92 Å². The van der Waals surface area contributed by atoms with E-state index in [0.29, 0.717) is 18.0 Å². The van der Waals surface area contributed by atoms with Crippen molar-refractivity contribution in [1.29, 1.82) is 0 Å². The lowest BCUT2D eigenvalue weighted by atomic mass is 10.3. The maximum absolute atomic E-state index is 11.8. The van der Waals surface area contributed by atoms with Gasteiger partial charge in [-0.15, -0.1) is 22.7 Å². The lowest BCUT2D eigenvalue weighted by molar-refractivity contribution is 0.0958. The number of rotatable bonds is 4. The molecule has 2 heterocycles. The molecule has 0 saturated carbocycles. The second-order valence-corrected chi connectivity index (χ2v) is 5.40. The summed E-state index contributed by atoms with van der Waals surface area (Å²) in [4.78, 5) is 18.0. The van der Waals surface area contributed by atoms with Crippen LogP contribution in [0.2, 0.25) is 0 Å². The van der Waals surface area contributed by atoms with Gasteiger partial charge in [0.1, 0.15) is 9.88 Å². The Labute approximate surface area is 107 Å². The van der Waals surface area contributed by atoms with E-state index in [9.17, 15) is 4.79 Å². The number of hydrogen-bond donors (Lipinski definition) is 2. The van der Waals surface area contributed by atoms with Crippen LogP contribution in [0.4, 0.5) is 0 Å². The third-order valence-electron chi connectivity index (χ3n) is 2.16. The van der Waals surface area contributed by atoms with Crippen molar-refractivity contribution in [2.75, 3.05) is 13.1 Å². The monoisotopic (exact) mass is 267 g/mol. The second kappa shape index (κ2) is 5.39. The van der Waals surface area contributed by atoms with Gasteiger partial charge in [0.2, 0.25) is 0 Å². The molecule has 4 nitrogen and oxygen atoms in total. The Bertz CT molecular complexity index is 505. The van der Waals surface area contributed by atoms with Gasteiger partial charge in [0.25, 0.3) is 5.91 Å². The molecule has 0 aliphatic carbocycles. The van der Waals surface area contributed by atoms with Gasteiger partial charge in [-0.1, -0.05) is 6.07 Å². The van der Waals surface area contributed by atoms with Crippen LogP contribution in [0.3, 0.4) is 0 Å². The molecule has 0 radical (unpaired) electrons. The largest absolute Gasteiger partial charge is 0.350 e. The third kappa shape index (κ3) is 2.71. The highest BCUT2D eigenvalue weighted by Gasteiger charge is 2.15. The van der Waals surface area contributed by atoms with Gasteiger partial charge in [0.15, 0.2) is 0 Å². The molecule has 0 aromatic carbocycles. The highest BCUT2D eigenvalue weighted by molar-refractivity contribution is 7.22. The summed E-state index contributed by atoms with van der Waals surface area (Å²) in [5.74, 6) is -0.0896. The van der Waals surface area contributed by atoms with Gasteiger partial charge in [0.05, 0.1) is 10.6 Å². The summed E-state index contributed by atoms with van der Waals surface area (Å²) in [6, 6.07) is 3.98. The van der Waals surface area contributed by atoms with Crippen LogP contribution in [0, 0.1) is 6.92 Å². The first-order valence-corrected chi connectivity index (χ1v) is 6.91. The molecule has 0 atom stereocenters. The minimum Gasteiger partial charge on any atom is -0.350 e. The van der Waals surface area contributed by atoms with Gasteiger partial charge in [-0.2, -0.15) is 0 Å². The molecule has 0 fully saturated rings. The molecule has 0 aliphatic rings. The Morgan fingerprint density at radius 1 is 1.59 bits per heavy atom. The molecule has 0 spiro atoms. The topological polar surface area (TPSA) is 68.0 Å². The van der Waals surface area contributed by atoms with Crippen molar-refractivity contribution in [3.05, 3.63) is 28.1 Å². The molecule has 0 saturated heterocycles. The highest BCUT2D eigenvalue weighted by atomic mass is 32.1. The van der Waals surface area contributed by atoms with Gasteiger partial charge >= 0.3 is 0 Å². The van der Waals surface area contributed by atoms with E-state index in [4.69, 9.17) is 5.73 Å². The summed E-state index contributed by atoms with van der Waals surface area (Å²) in [5.41, 5.74) is 6.12. The average molecular weight is 267 g/mol. The number of carbonyl (C=O) groups excluding carboxylic acids is 1. The van der Waals surface area contributed by atoms with Crippen molar-refractivity contribution in [2.24, 2.45) is 5.73 Å². The van der Waals surface area contributed by atoms with Crippen LogP contribution in [0.25, 0.3) is 9.88 Å². The molecule has 17 heavy (non-hydrogen) atoms. The fourth-order valence-electron chi connectivity index (χ4n) is 1.38. The molecule has 2 aromatic rings. The summed E-state index contributed by atoms with van der Waals surface area (Å²) in [7, 11) is 0. The van der Waals surface area contributed by atoms with Crippen LogP contribution < -0.4 is 11.1 Å². The number of hydrogen-bond acceptors (Lipinski definition) is 5. The predicted molar refractivity (Wildman–Crippen MR) is 71.6 cm³/mol. The molecule has 1 amide bonds. The Morgan fingerprint density at radius 2 is 2.41 bits per heavy atom. The van der Waals surface area contributed by atoms with E-state index in [1.54, 1.807) is 11.3 Å². The summed E-state index contributed by atoms with van der Waals surface area (Å²) in [5, 5.41) is 5.66. The molecule has 3 N–H and O–H groups in total. The summed E-state index contributed by atoms with van der Waals surface area (Å²) >= 11 is 3.05. The van der Waals surface area contributed by atoms with E-state index in [-0.39, 0.29) is 5.91 Å². The Kier molecular flexibility index (Phi) is 3.88. The first-order chi connectivity index (χ1) is 8.22. The van der Waals surface area contributed by atoms with Crippen LogP contribution in [0.15, 0.2) is 17.5 Å². The smallest absolute Gasteiger partial charge is 0.263 e. The Morgan fingerprint density at radius 3 is 3.06 bits per heavy atom. The molecule has 2 rings (SSSR count). The van der Waals surface area contributed by atoms with Gasteiger partial charge in [-0.25, -0.2) is 4.98 Å². The lowest BCUT2D eigenvalue weighted by Crippen LogP contribution is -2.28. The standard InChI is InChI=1S/C11H13N3OS2/c1-7-9(10(15)13-5-4-12)17-11(14-7)8-3-2-6-16-8/h2-3,6H,4-5,12H2,1H3,(H,13,15). The second-order valence-electron chi connectivity index (χ2n) is 3.46. The highest BCUT2D eigenvalue weighted by Crippen LogP contribution is 2.30. The molecule has 0 aliphatic heterocycles. The summed E-state index contributed by atoms with van der Waals surface area (Å²) in [6.07, 6.45) is 0. The molecule has 90 valence electrons. The van der Waals surface area contributed by atoms with Crippen LogP contribution >= 0.6 is 22.7 Å². The van der Waals surface area contributed by atoms with E-state index in [1.807, 2.05) is 24.4 Å². The number of nitrogens with zero attached hydrogens (tertiary/aromatic N) is 1. The Hall–Kier alpha value is -1.24. The molecular weight excluding hydrogens is 254 g/mol. The van der Waals surface area contributed by atoms with Gasteiger partial charge < -0.3 is 11.1 Å². The number of aryl methyl sites for hydroxylation is 1.